The Morgan fingerprint density at radius 1 is 1.00 bits per heavy atom. The molecule has 2 heterocycles. The van der Waals surface area contributed by atoms with Crippen LogP contribution in [0.4, 0.5) is 20.6 Å². The predicted molar refractivity (Wildman–Crippen MR) is 112 cm³/mol. The second-order valence-corrected chi connectivity index (χ2v) is 6.45. The zero-order valence-electron chi connectivity index (χ0n) is 15.9. The van der Waals surface area contributed by atoms with Crippen molar-refractivity contribution in [3.05, 3.63) is 78.4 Å². The van der Waals surface area contributed by atoms with Gasteiger partial charge in [-0.25, -0.2) is 14.0 Å². The van der Waals surface area contributed by atoms with E-state index < -0.39 is 17.8 Å². The number of hydrogen-bond donors (Lipinski definition) is 3. The molecule has 4 aromatic rings. The number of aromatic nitrogens is 2. The molecule has 7 nitrogen and oxygen atoms in total. The molecule has 0 saturated heterocycles. The van der Waals surface area contributed by atoms with E-state index in [9.17, 15) is 14.0 Å². The molecule has 0 spiro atoms. The number of benzene rings is 2. The smallest absolute Gasteiger partial charge is 0.337 e. The van der Waals surface area contributed by atoms with Crippen molar-refractivity contribution in [2.24, 2.45) is 0 Å². The molecule has 30 heavy (non-hydrogen) atoms. The second kappa shape index (κ2) is 8.04. The Balaban J connectivity index is 1.63. The van der Waals surface area contributed by atoms with Crippen LogP contribution < -0.4 is 10.6 Å². The van der Waals surface area contributed by atoms with Crippen LogP contribution in [0.3, 0.4) is 0 Å². The minimum absolute atomic E-state index is 0.371. The first-order valence-corrected chi connectivity index (χ1v) is 9.03. The van der Waals surface area contributed by atoms with Gasteiger partial charge in [-0.3, -0.25) is 4.98 Å². The number of hydrogen-bond acceptors (Lipinski definition) is 4. The Morgan fingerprint density at radius 2 is 1.73 bits per heavy atom. The fourth-order valence-electron chi connectivity index (χ4n) is 3.11. The van der Waals surface area contributed by atoms with Crippen molar-refractivity contribution < 1.29 is 18.7 Å². The van der Waals surface area contributed by atoms with Crippen LogP contribution in [0.1, 0.15) is 10.4 Å². The third kappa shape index (κ3) is 3.83. The highest BCUT2D eigenvalue weighted by atomic mass is 19.1. The van der Waals surface area contributed by atoms with Gasteiger partial charge in [0.2, 0.25) is 0 Å². The van der Waals surface area contributed by atoms with Gasteiger partial charge in [0, 0.05) is 34.5 Å². The number of rotatable bonds is 4. The number of methoxy groups -OCH3 is 1. The predicted octanol–water partition coefficient (Wildman–Crippen LogP) is 4.80. The van der Waals surface area contributed by atoms with Crippen molar-refractivity contribution in [2.45, 2.75) is 0 Å². The third-order valence-corrected chi connectivity index (χ3v) is 4.53. The molecule has 4 rings (SSSR count). The van der Waals surface area contributed by atoms with Crippen LogP contribution in [0.25, 0.3) is 22.2 Å². The van der Waals surface area contributed by atoms with Gasteiger partial charge >= 0.3 is 12.0 Å². The maximum Gasteiger partial charge on any atom is 0.337 e. The molecule has 0 fully saturated rings. The molecular weight excluding hydrogens is 387 g/mol. The summed E-state index contributed by atoms with van der Waals surface area (Å²) in [6.45, 7) is 0. The summed E-state index contributed by atoms with van der Waals surface area (Å²) >= 11 is 0. The van der Waals surface area contributed by atoms with Gasteiger partial charge < -0.3 is 20.4 Å². The van der Waals surface area contributed by atoms with E-state index in [1.165, 1.54) is 19.2 Å². The minimum atomic E-state index is -0.513. The van der Waals surface area contributed by atoms with Crippen LogP contribution in [-0.4, -0.2) is 29.1 Å². The molecule has 2 aromatic heterocycles. The number of amides is 2. The standard InChI is InChI=1S/C22H17FN4O3/c1-30-21(28)14-2-5-16(6-3-14)25-22(29)27-20-17-12-15(23)4-7-18(17)26-19(20)13-8-10-24-11-9-13/h2-12,26H,1H3,(H2,25,27,29). The largest absolute Gasteiger partial charge is 0.465 e. The Kier molecular flexibility index (Phi) is 5.13. The molecular formula is C22H17FN4O3. The number of ether oxygens (including phenoxy) is 1. The SMILES string of the molecule is COC(=O)c1ccc(NC(=O)Nc2c(-c3ccncc3)[nH]c3ccc(F)cc23)cc1. The number of nitrogens with zero attached hydrogens (tertiary/aromatic N) is 1. The summed E-state index contributed by atoms with van der Waals surface area (Å²) in [5.74, 6) is -0.876. The van der Waals surface area contributed by atoms with Gasteiger partial charge in [0.15, 0.2) is 0 Å². The molecule has 0 aliphatic rings. The molecule has 0 bridgehead atoms. The molecule has 3 N–H and O–H groups in total. The number of anilines is 2. The van der Waals surface area contributed by atoms with Crippen LogP contribution in [0.2, 0.25) is 0 Å². The van der Waals surface area contributed by atoms with E-state index in [4.69, 9.17) is 0 Å². The van der Waals surface area contributed by atoms with Crippen molar-refractivity contribution in [1.82, 2.24) is 9.97 Å². The molecule has 8 heteroatoms. The number of carbonyl (C=O) groups is 2. The van der Waals surface area contributed by atoms with Gasteiger partial charge in [-0.15, -0.1) is 0 Å². The van der Waals surface area contributed by atoms with Crippen molar-refractivity contribution >= 4 is 34.3 Å². The lowest BCUT2D eigenvalue weighted by molar-refractivity contribution is 0.0600. The lowest BCUT2D eigenvalue weighted by Crippen LogP contribution is -2.19. The van der Waals surface area contributed by atoms with Gasteiger partial charge in [-0.1, -0.05) is 0 Å². The third-order valence-electron chi connectivity index (χ3n) is 4.53. The van der Waals surface area contributed by atoms with E-state index in [1.54, 1.807) is 54.9 Å². The second-order valence-electron chi connectivity index (χ2n) is 6.45. The number of halogens is 1. The average Bonchev–Trinajstić information content (AvgIpc) is 3.11. The molecule has 2 aromatic carbocycles. The van der Waals surface area contributed by atoms with Crippen molar-refractivity contribution in [3.8, 4) is 11.3 Å². The van der Waals surface area contributed by atoms with Crippen molar-refractivity contribution in [3.63, 3.8) is 0 Å². The van der Waals surface area contributed by atoms with E-state index in [1.807, 2.05) is 0 Å². The quantitative estimate of drug-likeness (QED) is 0.426. The molecule has 2 amide bonds. The maximum atomic E-state index is 13.9. The van der Waals surface area contributed by atoms with Crippen LogP contribution in [0.15, 0.2) is 67.0 Å². The Labute approximate surface area is 170 Å². The van der Waals surface area contributed by atoms with E-state index in [0.717, 1.165) is 5.56 Å². The molecule has 0 radical (unpaired) electrons. The van der Waals surface area contributed by atoms with E-state index in [0.29, 0.717) is 33.5 Å². The number of urea groups is 1. The number of fused-ring (bicyclic) bond motifs is 1. The zero-order valence-corrected chi connectivity index (χ0v) is 15.9. The lowest BCUT2D eigenvalue weighted by atomic mass is 10.1. The zero-order chi connectivity index (χ0) is 21.1. The van der Waals surface area contributed by atoms with Gasteiger partial charge in [0.1, 0.15) is 5.82 Å². The fourth-order valence-corrected chi connectivity index (χ4v) is 3.11. The maximum absolute atomic E-state index is 13.9. The highest BCUT2D eigenvalue weighted by Crippen LogP contribution is 2.35. The number of esters is 1. The van der Waals surface area contributed by atoms with Gasteiger partial charge in [0.25, 0.3) is 0 Å². The molecule has 0 aliphatic carbocycles. The number of H-pyrrole nitrogens is 1. The summed E-state index contributed by atoms with van der Waals surface area (Å²) in [6.07, 6.45) is 3.27. The minimum Gasteiger partial charge on any atom is -0.465 e. The van der Waals surface area contributed by atoms with Crippen LogP contribution >= 0.6 is 0 Å². The van der Waals surface area contributed by atoms with Gasteiger partial charge in [-0.05, 0) is 54.6 Å². The van der Waals surface area contributed by atoms with E-state index >= 15 is 0 Å². The molecule has 0 atom stereocenters. The lowest BCUT2D eigenvalue weighted by Gasteiger charge is -2.10. The van der Waals surface area contributed by atoms with Crippen molar-refractivity contribution in [2.75, 3.05) is 17.7 Å². The number of aromatic amines is 1. The van der Waals surface area contributed by atoms with Crippen LogP contribution in [0, 0.1) is 5.82 Å². The summed E-state index contributed by atoms with van der Waals surface area (Å²) in [6, 6.07) is 13.7. The summed E-state index contributed by atoms with van der Waals surface area (Å²) in [4.78, 5) is 31.4. The summed E-state index contributed by atoms with van der Waals surface area (Å²) in [5, 5.41) is 6.04. The summed E-state index contributed by atoms with van der Waals surface area (Å²) < 4.78 is 18.5. The topological polar surface area (TPSA) is 96.1 Å². The first kappa shape index (κ1) is 19.1. The Hall–Kier alpha value is -4.20. The first-order chi connectivity index (χ1) is 14.5. The van der Waals surface area contributed by atoms with E-state index in [-0.39, 0.29) is 0 Å². The van der Waals surface area contributed by atoms with Gasteiger partial charge in [-0.2, -0.15) is 0 Å². The fraction of sp³-hybridized carbons (Fsp3) is 0.0455. The molecule has 0 aliphatic heterocycles. The highest BCUT2D eigenvalue weighted by molar-refractivity contribution is 6.10. The summed E-state index contributed by atoms with van der Waals surface area (Å²) in [5.41, 5.74) is 3.40. The number of pyridine rings is 1. The normalized spacial score (nSPS) is 10.6. The number of carbonyl (C=O) groups excluding carboxylic acids is 2. The summed E-state index contributed by atoms with van der Waals surface area (Å²) in [7, 11) is 1.30. The molecule has 0 unspecified atom stereocenters. The number of nitrogens with one attached hydrogen (secondary N) is 3. The highest BCUT2D eigenvalue weighted by Gasteiger charge is 2.16. The van der Waals surface area contributed by atoms with Crippen LogP contribution in [-0.2, 0) is 4.74 Å². The van der Waals surface area contributed by atoms with Crippen molar-refractivity contribution in [1.29, 1.82) is 0 Å². The molecule has 0 saturated carbocycles. The van der Waals surface area contributed by atoms with E-state index in [2.05, 4.69) is 25.3 Å². The average molecular weight is 404 g/mol. The molecule has 150 valence electrons. The Bertz CT molecular complexity index is 1220. The van der Waals surface area contributed by atoms with Gasteiger partial charge in [0.05, 0.1) is 24.1 Å². The monoisotopic (exact) mass is 404 g/mol. The first-order valence-electron chi connectivity index (χ1n) is 9.03. The Morgan fingerprint density at radius 3 is 2.43 bits per heavy atom. The van der Waals surface area contributed by atoms with Crippen LogP contribution in [0.5, 0.6) is 0 Å².